The minimum atomic E-state index is 0.132. The number of rotatable bonds is 0. The van der Waals surface area contributed by atoms with E-state index in [1.807, 2.05) is 25.2 Å². The third-order valence-corrected chi connectivity index (χ3v) is 4.50. The summed E-state index contributed by atoms with van der Waals surface area (Å²) in [6.45, 7) is 7.48. The molecule has 0 saturated heterocycles. The van der Waals surface area contributed by atoms with Crippen LogP contribution in [-0.4, -0.2) is 47.8 Å². The van der Waals surface area contributed by atoms with Crippen molar-refractivity contribution in [3.05, 3.63) is 59.5 Å². The smallest absolute Gasteiger partial charge is 0.180 e. The van der Waals surface area contributed by atoms with Gasteiger partial charge in [-0.3, -0.25) is 34.2 Å². The monoisotopic (exact) mass is 435 g/mol. The maximum Gasteiger partial charge on any atom is 0.180 e. The van der Waals surface area contributed by atoms with Crippen LogP contribution >= 0.6 is 0 Å². The van der Waals surface area contributed by atoms with Crippen LogP contribution in [0.1, 0.15) is 47.0 Å². The lowest BCUT2D eigenvalue weighted by Crippen LogP contribution is -2.09. The molecule has 0 N–H and O–H groups in total. The fraction of sp³-hybridized carbons (Fsp3) is 0.320. The van der Waals surface area contributed by atoms with Gasteiger partial charge in [-0.2, -0.15) is 0 Å². The van der Waals surface area contributed by atoms with Gasteiger partial charge in [0.2, 0.25) is 0 Å². The van der Waals surface area contributed by atoms with Crippen molar-refractivity contribution in [2.24, 2.45) is 15.0 Å². The van der Waals surface area contributed by atoms with Crippen molar-refractivity contribution in [2.75, 3.05) is 6.54 Å². The number of hydrogen-bond acceptors (Lipinski definition) is 7. The number of Topliss-reactive ketones (excluding diaryl/α,β-unsaturated/α-hetero) is 4. The molecular weight excluding hydrogens is 406 g/mol. The van der Waals surface area contributed by atoms with Crippen molar-refractivity contribution in [3.8, 4) is 0 Å². The van der Waals surface area contributed by atoms with E-state index in [4.69, 9.17) is 0 Å². The average Bonchev–Trinajstić information content (AvgIpc) is 2.78. The normalized spacial score (nSPS) is 18.6. The fourth-order valence-electron chi connectivity index (χ4n) is 2.24. The van der Waals surface area contributed by atoms with Gasteiger partial charge in [-0.25, -0.2) is 0 Å². The third kappa shape index (κ3) is 10.4. The Balaban J connectivity index is 0.000000213. The number of carbonyl (C=O) groups excluding carboxylic acids is 4. The molecule has 3 aliphatic heterocycles. The van der Waals surface area contributed by atoms with Gasteiger partial charge in [0.1, 0.15) is 6.54 Å². The Kier molecular flexibility index (Phi) is 11.9. The quantitative estimate of drug-likeness (QED) is 0.575. The first-order valence-corrected chi connectivity index (χ1v) is 10.2. The van der Waals surface area contributed by atoms with E-state index in [1.54, 1.807) is 57.8 Å². The second kappa shape index (κ2) is 14.4. The molecule has 0 atom stereocenters. The van der Waals surface area contributed by atoms with Gasteiger partial charge in [0.05, 0.1) is 5.71 Å². The first-order valence-electron chi connectivity index (χ1n) is 10.2. The molecule has 0 amide bonds. The Bertz CT molecular complexity index is 827. The highest BCUT2D eigenvalue weighted by molar-refractivity contribution is 6.39. The summed E-state index contributed by atoms with van der Waals surface area (Å²) in [5, 5.41) is 0. The van der Waals surface area contributed by atoms with Crippen LogP contribution in [0, 0.1) is 0 Å². The van der Waals surface area contributed by atoms with Crippen LogP contribution in [0.5, 0.6) is 0 Å². The van der Waals surface area contributed by atoms with E-state index in [0.29, 0.717) is 31.5 Å². The summed E-state index contributed by atoms with van der Waals surface area (Å²) in [6, 6.07) is 0. The van der Waals surface area contributed by atoms with Gasteiger partial charge in [0.15, 0.2) is 23.1 Å². The minimum absolute atomic E-state index is 0.132. The van der Waals surface area contributed by atoms with Crippen LogP contribution in [0.15, 0.2) is 74.5 Å². The Morgan fingerprint density at radius 3 is 1.75 bits per heavy atom. The van der Waals surface area contributed by atoms with E-state index in [2.05, 4.69) is 15.0 Å². The lowest BCUT2D eigenvalue weighted by molar-refractivity contribution is -0.115. The number of aliphatic imine (C=N–C) groups is 3. The SMILES string of the molecule is CC1=CC=CCC1=O.CC1=CC=NCC1=O.CC1=CN=CCC1=O.CC1=NC=CCC1=O. The second-order valence-corrected chi connectivity index (χ2v) is 7.17. The van der Waals surface area contributed by atoms with Crippen LogP contribution in [0.2, 0.25) is 0 Å². The van der Waals surface area contributed by atoms with Gasteiger partial charge < -0.3 is 0 Å². The summed E-state index contributed by atoms with van der Waals surface area (Å²) in [5.74, 6) is 0.688. The molecule has 1 aliphatic carbocycles. The fourth-order valence-corrected chi connectivity index (χ4v) is 2.24. The van der Waals surface area contributed by atoms with E-state index in [0.717, 1.165) is 16.7 Å². The van der Waals surface area contributed by atoms with Crippen molar-refractivity contribution in [2.45, 2.75) is 47.0 Å². The Hall–Kier alpha value is -3.61. The molecule has 0 spiro atoms. The highest BCUT2D eigenvalue weighted by atomic mass is 16.1. The number of dihydropyridines is 1. The molecule has 0 aromatic rings. The number of hydrogen-bond donors (Lipinski definition) is 0. The number of carbonyl (C=O) groups is 4. The minimum Gasteiger partial charge on any atom is -0.294 e. The number of ketones is 4. The summed E-state index contributed by atoms with van der Waals surface area (Å²) in [6.07, 6.45) is 17.2. The van der Waals surface area contributed by atoms with E-state index >= 15 is 0 Å². The lowest BCUT2D eigenvalue weighted by Gasteiger charge is -1.98. The Labute approximate surface area is 188 Å². The molecule has 0 radical (unpaired) electrons. The predicted octanol–water partition coefficient (Wildman–Crippen LogP) is 3.92. The standard InChI is InChI=1S/C7H8O.3C6H7NO/c1-6-4-2-3-5-7(6)8;1-5-4-7-3-2-6(5)8;1-5-2-3-7-4-6(5)8;1-5-6(8)3-2-4-7-5/h2-4H,5H2,1H3;3-4H,2H2,1H3;2-3H,4H2,1H3;2,4H,3H2,1H3. The topological polar surface area (TPSA) is 105 Å². The van der Waals surface area contributed by atoms with Gasteiger partial charge in [-0.1, -0.05) is 24.3 Å². The molecule has 7 heteroatoms. The van der Waals surface area contributed by atoms with Crippen LogP contribution in [-0.2, 0) is 19.2 Å². The molecule has 0 bridgehead atoms. The third-order valence-electron chi connectivity index (χ3n) is 4.50. The zero-order chi connectivity index (χ0) is 23.9. The van der Waals surface area contributed by atoms with Gasteiger partial charge in [-0.15, -0.1) is 0 Å². The molecule has 3 heterocycles. The molecule has 32 heavy (non-hydrogen) atoms. The molecule has 7 nitrogen and oxygen atoms in total. The molecule has 168 valence electrons. The lowest BCUT2D eigenvalue weighted by atomic mass is 10.1. The van der Waals surface area contributed by atoms with Gasteiger partial charge >= 0.3 is 0 Å². The molecule has 4 aliphatic rings. The van der Waals surface area contributed by atoms with Crippen LogP contribution in [0.25, 0.3) is 0 Å². The van der Waals surface area contributed by atoms with Crippen LogP contribution in [0.4, 0.5) is 0 Å². The number of nitrogens with zero attached hydrogens (tertiary/aromatic N) is 3. The zero-order valence-electron chi connectivity index (χ0n) is 19.0. The van der Waals surface area contributed by atoms with Crippen molar-refractivity contribution in [3.63, 3.8) is 0 Å². The molecule has 0 aromatic carbocycles. The number of allylic oxidation sites excluding steroid dienone is 7. The molecular formula is C25H29N3O4. The molecule has 0 fully saturated rings. The summed E-state index contributed by atoms with van der Waals surface area (Å²) in [5.41, 5.74) is 3.05. The Morgan fingerprint density at radius 1 is 0.719 bits per heavy atom. The molecule has 0 unspecified atom stereocenters. The van der Waals surface area contributed by atoms with Gasteiger partial charge in [-0.05, 0) is 44.9 Å². The van der Waals surface area contributed by atoms with Gasteiger partial charge in [0.25, 0.3) is 0 Å². The summed E-state index contributed by atoms with van der Waals surface area (Å²) in [7, 11) is 0. The largest absolute Gasteiger partial charge is 0.294 e. The molecule has 0 aromatic heterocycles. The van der Waals surface area contributed by atoms with Crippen LogP contribution < -0.4 is 0 Å². The van der Waals surface area contributed by atoms with Crippen LogP contribution in [0.3, 0.4) is 0 Å². The van der Waals surface area contributed by atoms with Crippen molar-refractivity contribution < 1.29 is 19.2 Å². The average molecular weight is 436 g/mol. The summed E-state index contributed by atoms with van der Waals surface area (Å²) in [4.78, 5) is 53.9. The zero-order valence-corrected chi connectivity index (χ0v) is 19.0. The van der Waals surface area contributed by atoms with E-state index in [-0.39, 0.29) is 23.1 Å². The highest BCUT2D eigenvalue weighted by Crippen LogP contribution is 2.05. The van der Waals surface area contributed by atoms with Crippen molar-refractivity contribution in [1.29, 1.82) is 0 Å². The van der Waals surface area contributed by atoms with E-state index < -0.39 is 0 Å². The highest BCUT2D eigenvalue weighted by Gasteiger charge is 2.05. The maximum absolute atomic E-state index is 10.7. The first-order chi connectivity index (χ1) is 15.2. The first kappa shape index (κ1) is 26.4. The molecule has 0 saturated carbocycles. The second-order valence-electron chi connectivity index (χ2n) is 7.17. The maximum atomic E-state index is 10.7. The predicted molar refractivity (Wildman–Crippen MR) is 128 cm³/mol. The Morgan fingerprint density at radius 2 is 1.38 bits per heavy atom. The summed E-state index contributed by atoms with van der Waals surface area (Å²) < 4.78 is 0. The van der Waals surface area contributed by atoms with E-state index in [9.17, 15) is 19.2 Å². The summed E-state index contributed by atoms with van der Waals surface area (Å²) >= 11 is 0. The van der Waals surface area contributed by atoms with E-state index in [1.165, 1.54) is 0 Å². The van der Waals surface area contributed by atoms with Gasteiger partial charge in [0, 0.05) is 49.7 Å². The molecule has 4 rings (SSSR count). The van der Waals surface area contributed by atoms with Crippen molar-refractivity contribution in [1.82, 2.24) is 0 Å². The van der Waals surface area contributed by atoms with Crippen molar-refractivity contribution >= 4 is 41.3 Å².